The summed E-state index contributed by atoms with van der Waals surface area (Å²) in [6.07, 6.45) is 1.41. The van der Waals surface area contributed by atoms with Crippen molar-refractivity contribution in [2.24, 2.45) is 0 Å². The van der Waals surface area contributed by atoms with Gasteiger partial charge in [0.25, 0.3) is 11.8 Å². The van der Waals surface area contributed by atoms with E-state index in [9.17, 15) is 9.59 Å². The molecule has 0 radical (unpaired) electrons. The highest BCUT2D eigenvalue weighted by atomic mass is 79.9. The molecule has 1 aliphatic rings. The molecule has 0 unspecified atom stereocenters. The summed E-state index contributed by atoms with van der Waals surface area (Å²) in [7, 11) is 1.56. The van der Waals surface area contributed by atoms with Gasteiger partial charge in [-0.05, 0) is 74.0 Å². The van der Waals surface area contributed by atoms with Crippen LogP contribution in [0.1, 0.15) is 34.5 Å². The number of aryl methyl sites for hydroxylation is 1. The van der Waals surface area contributed by atoms with E-state index in [1.54, 1.807) is 56.5 Å². The van der Waals surface area contributed by atoms with Crippen LogP contribution in [-0.2, 0) is 4.79 Å². The number of anilines is 3. The van der Waals surface area contributed by atoms with Gasteiger partial charge in [0.05, 0.1) is 18.9 Å². The number of methoxy groups -OCH3 is 1. The first-order valence-corrected chi connectivity index (χ1v) is 12.9. The summed E-state index contributed by atoms with van der Waals surface area (Å²) in [5.74, 6) is -0.347. The van der Waals surface area contributed by atoms with Gasteiger partial charge >= 0.3 is 0 Å². The van der Waals surface area contributed by atoms with E-state index in [4.69, 9.17) is 4.74 Å². The van der Waals surface area contributed by atoms with Gasteiger partial charge in [0, 0.05) is 27.1 Å². The van der Waals surface area contributed by atoms with Crippen LogP contribution in [0.25, 0.3) is 0 Å². The lowest BCUT2D eigenvalue weighted by Gasteiger charge is -2.30. The lowest BCUT2D eigenvalue weighted by Crippen LogP contribution is -2.32. The minimum absolute atomic E-state index is 0.222. The van der Waals surface area contributed by atoms with E-state index in [2.05, 4.69) is 37.0 Å². The van der Waals surface area contributed by atoms with Gasteiger partial charge in [-0.25, -0.2) is 9.07 Å². The number of halogens is 2. The van der Waals surface area contributed by atoms with E-state index in [0.29, 0.717) is 33.1 Å². The Hall–Kier alpha value is -4.44. The first kappa shape index (κ1) is 26.2. The number of hydrogen-bond donors (Lipinski definition) is 3. The molecule has 39 heavy (non-hydrogen) atoms. The number of benzene rings is 3. The Balaban J connectivity index is 1.55. The number of carbonyl (C=O) groups is 2. The third kappa shape index (κ3) is 5.28. The van der Waals surface area contributed by atoms with E-state index in [1.807, 2.05) is 25.1 Å². The maximum Gasteiger partial charge on any atom is 0.261 e. The smallest absolute Gasteiger partial charge is 0.261 e. The molecule has 0 bridgehead atoms. The molecule has 0 saturated heterocycles. The van der Waals surface area contributed by atoms with Crippen molar-refractivity contribution in [3.05, 3.63) is 111 Å². The normalized spacial score (nSPS) is 14.3. The minimum atomic E-state index is -0.947. The highest BCUT2D eigenvalue weighted by Crippen LogP contribution is 2.39. The minimum Gasteiger partial charge on any atom is -0.497 e. The zero-order valence-corrected chi connectivity index (χ0v) is 23.0. The summed E-state index contributed by atoms with van der Waals surface area (Å²) >= 11 is 3.41. The Kier molecular flexibility index (Phi) is 7.21. The summed E-state index contributed by atoms with van der Waals surface area (Å²) in [6.45, 7) is 3.65. The van der Waals surface area contributed by atoms with Crippen LogP contribution in [0.4, 0.5) is 21.6 Å². The molecule has 0 spiro atoms. The zero-order chi connectivity index (χ0) is 27.7. The molecule has 2 heterocycles. The van der Waals surface area contributed by atoms with Crippen LogP contribution in [0.5, 0.6) is 5.75 Å². The van der Waals surface area contributed by atoms with Crippen LogP contribution >= 0.6 is 15.9 Å². The van der Waals surface area contributed by atoms with Gasteiger partial charge < -0.3 is 20.7 Å². The number of carbonyl (C=O) groups excluding carboxylic acids is 2. The summed E-state index contributed by atoms with van der Waals surface area (Å²) in [4.78, 5) is 26.9. The van der Waals surface area contributed by atoms with Crippen LogP contribution in [0.2, 0.25) is 0 Å². The highest BCUT2D eigenvalue weighted by molar-refractivity contribution is 9.10. The summed E-state index contributed by atoms with van der Waals surface area (Å²) < 4.78 is 22.6. The maximum absolute atomic E-state index is 15.3. The Morgan fingerprint density at radius 3 is 2.46 bits per heavy atom. The van der Waals surface area contributed by atoms with Gasteiger partial charge in [-0.2, -0.15) is 5.10 Å². The standard InChI is InChI=1S/C29H25BrFN5O3/c1-16-5-4-6-20(13-16)35-28(37)23-15-32-36-26(22-14-18(30)7-12-24(22)31)25(17(2)33-27(23)36)29(38)34-19-8-10-21(39-3)11-9-19/h4-15,26,33H,1-3H3,(H,34,38)(H,35,37)/t26-/m1/s1. The molecule has 8 nitrogen and oxygen atoms in total. The quantitative estimate of drug-likeness (QED) is 0.246. The fraction of sp³-hybridized carbons (Fsp3) is 0.138. The van der Waals surface area contributed by atoms with Crippen LogP contribution in [0.15, 0.2) is 88.7 Å². The van der Waals surface area contributed by atoms with Gasteiger partial charge in [0.2, 0.25) is 0 Å². The number of amides is 2. The molecule has 3 aromatic carbocycles. The molecule has 0 fully saturated rings. The van der Waals surface area contributed by atoms with Crippen molar-refractivity contribution in [3.63, 3.8) is 0 Å². The molecule has 10 heteroatoms. The van der Waals surface area contributed by atoms with Gasteiger partial charge in [-0.1, -0.05) is 28.1 Å². The first-order valence-electron chi connectivity index (χ1n) is 12.1. The number of allylic oxidation sites excluding steroid dienone is 1. The predicted octanol–water partition coefficient (Wildman–Crippen LogP) is 6.28. The molecule has 4 aromatic rings. The molecular formula is C29H25BrFN5O3. The van der Waals surface area contributed by atoms with Gasteiger partial charge in [-0.3, -0.25) is 9.59 Å². The number of fused-ring (bicyclic) bond motifs is 1. The van der Waals surface area contributed by atoms with E-state index < -0.39 is 17.8 Å². The largest absolute Gasteiger partial charge is 0.497 e. The molecule has 5 rings (SSSR count). The van der Waals surface area contributed by atoms with Crippen molar-refractivity contribution >= 4 is 44.9 Å². The molecule has 0 aliphatic carbocycles. The van der Waals surface area contributed by atoms with Crippen LogP contribution < -0.4 is 20.7 Å². The number of rotatable bonds is 6. The molecular weight excluding hydrogens is 565 g/mol. The van der Waals surface area contributed by atoms with E-state index in [-0.39, 0.29) is 22.6 Å². The van der Waals surface area contributed by atoms with Crippen molar-refractivity contribution in [1.82, 2.24) is 9.78 Å². The molecule has 1 aliphatic heterocycles. The molecule has 0 saturated carbocycles. The number of hydrogen-bond acceptors (Lipinski definition) is 5. The summed E-state index contributed by atoms with van der Waals surface area (Å²) in [5.41, 5.74) is 3.37. The van der Waals surface area contributed by atoms with Crippen molar-refractivity contribution in [1.29, 1.82) is 0 Å². The van der Waals surface area contributed by atoms with Gasteiger partial charge in [0.1, 0.15) is 29.0 Å². The van der Waals surface area contributed by atoms with E-state index in [1.165, 1.54) is 16.9 Å². The lowest BCUT2D eigenvalue weighted by molar-refractivity contribution is -0.113. The topological polar surface area (TPSA) is 97.3 Å². The zero-order valence-electron chi connectivity index (χ0n) is 21.4. The summed E-state index contributed by atoms with van der Waals surface area (Å²) in [5, 5.41) is 13.4. The monoisotopic (exact) mass is 589 g/mol. The highest BCUT2D eigenvalue weighted by Gasteiger charge is 2.36. The average Bonchev–Trinajstić information content (AvgIpc) is 3.33. The van der Waals surface area contributed by atoms with Crippen LogP contribution in [-0.4, -0.2) is 28.7 Å². The third-order valence-electron chi connectivity index (χ3n) is 6.39. The predicted molar refractivity (Wildman–Crippen MR) is 152 cm³/mol. The van der Waals surface area contributed by atoms with Crippen LogP contribution in [0.3, 0.4) is 0 Å². The van der Waals surface area contributed by atoms with Crippen LogP contribution in [0, 0.1) is 12.7 Å². The van der Waals surface area contributed by atoms with Crippen molar-refractivity contribution in [2.75, 3.05) is 23.1 Å². The number of nitrogens with one attached hydrogen (secondary N) is 3. The molecule has 3 N–H and O–H groups in total. The summed E-state index contributed by atoms with van der Waals surface area (Å²) in [6, 6.07) is 17.9. The maximum atomic E-state index is 15.3. The molecule has 1 aromatic heterocycles. The SMILES string of the molecule is COc1ccc(NC(=O)C2=C(C)Nc3c(C(=O)Nc4cccc(C)c4)cnn3[C@@H]2c2cc(Br)ccc2F)cc1. The first-order chi connectivity index (χ1) is 18.7. The average molecular weight is 590 g/mol. The fourth-order valence-electron chi connectivity index (χ4n) is 4.52. The Morgan fingerprint density at radius 2 is 1.74 bits per heavy atom. The number of aromatic nitrogens is 2. The van der Waals surface area contributed by atoms with Gasteiger partial charge in [0.15, 0.2) is 0 Å². The Labute approximate surface area is 233 Å². The second-order valence-corrected chi connectivity index (χ2v) is 10.0. The third-order valence-corrected chi connectivity index (χ3v) is 6.88. The molecule has 1 atom stereocenters. The van der Waals surface area contributed by atoms with Gasteiger partial charge in [-0.15, -0.1) is 0 Å². The Morgan fingerprint density at radius 1 is 1.00 bits per heavy atom. The number of nitrogens with zero attached hydrogens (tertiary/aromatic N) is 2. The fourth-order valence-corrected chi connectivity index (χ4v) is 4.90. The van der Waals surface area contributed by atoms with E-state index >= 15 is 4.39 Å². The molecule has 2 amide bonds. The molecule has 198 valence electrons. The second-order valence-electron chi connectivity index (χ2n) is 9.09. The van der Waals surface area contributed by atoms with Crippen molar-refractivity contribution < 1.29 is 18.7 Å². The van der Waals surface area contributed by atoms with Crippen molar-refractivity contribution in [3.8, 4) is 5.75 Å². The number of ether oxygens (including phenoxy) is 1. The van der Waals surface area contributed by atoms with E-state index in [0.717, 1.165) is 5.56 Å². The van der Waals surface area contributed by atoms with Crippen molar-refractivity contribution in [2.45, 2.75) is 19.9 Å². The Bertz CT molecular complexity index is 1610. The lowest BCUT2D eigenvalue weighted by atomic mass is 9.94. The second kappa shape index (κ2) is 10.7.